The summed E-state index contributed by atoms with van der Waals surface area (Å²) >= 11 is 7.51. The van der Waals surface area contributed by atoms with E-state index in [9.17, 15) is 0 Å². The molecule has 0 fully saturated rings. The van der Waals surface area contributed by atoms with Gasteiger partial charge in [0.2, 0.25) is 0 Å². The third-order valence-electron chi connectivity index (χ3n) is 2.68. The van der Waals surface area contributed by atoms with Crippen LogP contribution in [0, 0.1) is 0 Å². The molecule has 0 spiro atoms. The van der Waals surface area contributed by atoms with E-state index in [1.165, 1.54) is 5.56 Å². The van der Waals surface area contributed by atoms with E-state index in [-0.39, 0.29) is 0 Å². The third-order valence-corrected chi connectivity index (χ3v) is 4.07. The highest BCUT2D eigenvalue weighted by molar-refractivity contribution is 7.98. The average molecular weight is 283 g/mol. The molecule has 0 saturated carbocycles. The summed E-state index contributed by atoms with van der Waals surface area (Å²) in [6, 6.07) is 8.07. The Morgan fingerprint density at radius 1 is 1.44 bits per heavy atom. The lowest BCUT2D eigenvalue weighted by Crippen LogP contribution is -1.95. The number of ether oxygens (including phenoxy) is 1. The second kappa shape index (κ2) is 6.16. The average Bonchev–Trinajstić information content (AvgIpc) is 2.77. The number of hydrogen-bond donors (Lipinski definition) is 0. The highest BCUT2D eigenvalue weighted by Crippen LogP contribution is 2.24. The number of hydrogen-bond acceptors (Lipinski definition) is 3. The van der Waals surface area contributed by atoms with Crippen LogP contribution < -0.4 is 4.74 Å². The molecule has 0 saturated heterocycles. The Kier molecular flexibility index (Phi) is 4.55. The first-order chi connectivity index (χ1) is 8.74. The van der Waals surface area contributed by atoms with E-state index in [4.69, 9.17) is 16.3 Å². The van der Waals surface area contributed by atoms with Gasteiger partial charge in [0.05, 0.1) is 24.9 Å². The van der Waals surface area contributed by atoms with Gasteiger partial charge in [-0.05, 0) is 17.7 Å². The van der Waals surface area contributed by atoms with Crippen molar-refractivity contribution < 1.29 is 4.74 Å². The van der Waals surface area contributed by atoms with E-state index in [0.717, 1.165) is 22.4 Å². The molecule has 2 aromatic rings. The standard InChI is InChI=1S/C13H15ClN2OS/c1-16-11(7-14)8-15-13(16)18-9-10-4-3-5-12(6-10)17-2/h3-6,8H,7,9H2,1-2H3. The van der Waals surface area contributed by atoms with Crippen molar-refractivity contribution >= 4 is 23.4 Å². The summed E-state index contributed by atoms with van der Waals surface area (Å²) in [7, 11) is 3.66. The predicted molar refractivity (Wildman–Crippen MR) is 75.3 cm³/mol. The maximum atomic E-state index is 5.82. The molecule has 0 atom stereocenters. The summed E-state index contributed by atoms with van der Waals surface area (Å²) in [5.74, 6) is 2.24. The normalized spacial score (nSPS) is 10.6. The smallest absolute Gasteiger partial charge is 0.168 e. The van der Waals surface area contributed by atoms with Gasteiger partial charge in [0.25, 0.3) is 0 Å². The van der Waals surface area contributed by atoms with Crippen LogP contribution in [0.2, 0.25) is 0 Å². The molecular weight excluding hydrogens is 268 g/mol. The number of thioether (sulfide) groups is 1. The molecule has 0 bridgehead atoms. The molecule has 96 valence electrons. The van der Waals surface area contributed by atoms with Crippen molar-refractivity contribution in [2.24, 2.45) is 7.05 Å². The van der Waals surface area contributed by atoms with Crippen molar-refractivity contribution in [1.82, 2.24) is 9.55 Å². The Labute approximate surface area is 116 Å². The largest absolute Gasteiger partial charge is 0.497 e. The summed E-state index contributed by atoms with van der Waals surface area (Å²) in [6.45, 7) is 0. The van der Waals surface area contributed by atoms with Crippen LogP contribution in [-0.2, 0) is 18.7 Å². The van der Waals surface area contributed by atoms with E-state index in [0.29, 0.717) is 5.88 Å². The Bertz CT molecular complexity index is 527. The minimum Gasteiger partial charge on any atom is -0.497 e. The highest BCUT2D eigenvalue weighted by atomic mass is 35.5. The number of methoxy groups -OCH3 is 1. The molecule has 0 aliphatic rings. The lowest BCUT2D eigenvalue weighted by Gasteiger charge is -2.05. The highest BCUT2D eigenvalue weighted by Gasteiger charge is 2.06. The molecule has 0 N–H and O–H groups in total. The van der Waals surface area contributed by atoms with E-state index < -0.39 is 0 Å². The fourth-order valence-corrected chi connectivity index (χ4v) is 2.76. The number of rotatable bonds is 5. The Morgan fingerprint density at radius 3 is 2.94 bits per heavy atom. The lowest BCUT2D eigenvalue weighted by molar-refractivity contribution is 0.414. The molecule has 0 aliphatic heterocycles. The molecule has 3 nitrogen and oxygen atoms in total. The van der Waals surface area contributed by atoms with Crippen LogP contribution in [-0.4, -0.2) is 16.7 Å². The van der Waals surface area contributed by atoms with Gasteiger partial charge in [0.1, 0.15) is 5.75 Å². The third kappa shape index (κ3) is 3.00. The van der Waals surface area contributed by atoms with Crippen LogP contribution in [0.25, 0.3) is 0 Å². The Hall–Kier alpha value is -1.13. The van der Waals surface area contributed by atoms with Gasteiger partial charge in [-0.15, -0.1) is 11.6 Å². The fourth-order valence-electron chi connectivity index (χ4n) is 1.59. The van der Waals surface area contributed by atoms with Crippen LogP contribution in [0.1, 0.15) is 11.3 Å². The summed E-state index contributed by atoms with van der Waals surface area (Å²) in [6.07, 6.45) is 1.82. The van der Waals surface area contributed by atoms with E-state index >= 15 is 0 Å². The molecule has 0 aliphatic carbocycles. The molecule has 0 amide bonds. The second-order valence-electron chi connectivity index (χ2n) is 3.86. The van der Waals surface area contributed by atoms with E-state index in [1.54, 1.807) is 18.9 Å². The molecule has 2 rings (SSSR count). The second-order valence-corrected chi connectivity index (χ2v) is 5.07. The van der Waals surface area contributed by atoms with Gasteiger partial charge in [-0.2, -0.15) is 0 Å². The van der Waals surface area contributed by atoms with Crippen molar-refractivity contribution in [3.63, 3.8) is 0 Å². The van der Waals surface area contributed by atoms with Crippen molar-refractivity contribution in [2.45, 2.75) is 16.8 Å². The minimum absolute atomic E-state index is 0.489. The van der Waals surface area contributed by atoms with Crippen LogP contribution in [0.15, 0.2) is 35.6 Å². The summed E-state index contributed by atoms with van der Waals surface area (Å²) in [5, 5.41) is 0.980. The summed E-state index contributed by atoms with van der Waals surface area (Å²) in [5.41, 5.74) is 2.25. The van der Waals surface area contributed by atoms with Crippen molar-refractivity contribution in [1.29, 1.82) is 0 Å². The van der Waals surface area contributed by atoms with Gasteiger partial charge in [-0.3, -0.25) is 0 Å². The number of alkyl halides is 1. The van der Waals surface area contributed by atoms with E-state index in [2.05, 4.69) is 11.1 Å². The number of halogens is 1. The molecule has 1 aromatic heterocycles. The Morgan fingerprint density at radius 2 is 2.28 bits per heavy atom. The minimum atomic E-state index is 0.489. The number of nitrogens with zero attached hydrogens (tertiary/aromatic N) is 2. The molecular formula is C13H15ClN2OS. The maximum absolute atomic E-state index is 5.82. The zero-order valence-electron chi connectivity index (χ0n) is 10.4. The maximum Gasteiger partial charge on any atom is 0.168 e. The first-order valence-electron chi connectivity index (χ1n) is 5.57. The molecule has 1 aromatic carbocycles. The molecule has 1 heterocycles. The van der Waals surface area contributed by atoms with Crippen molar-refractivity contribution in [2.75, 3.05) is 7.11 Å². The van der Waals surface area contributed by atoms with Crippen LogP contribution in [0.4, 0.5) is 0 Å². The van der Waals surface area contributed by atoms with Crippen LogP contribution >= 0.6 is 23.4 Å². The number of imidazole rings is 1. The van der Waals surface area contributed by atoms with E-state index in [1.807, 2.05) is 36.0 Å². The van der Waals surface area contributed by atoms with Gasteiger partial charge in [0.15, 0.2) is 5.16 Å². The number of aromatic nitrogens is 2. The van der Waals surface area contributed by atoms with Gasteiger partial charge in [-0.25, -0.2) is 4.98 Å². The van der Waals surface area contributed by atoms with Crippen LogP contribution in [0.3, 0.4) is 0 Å². The fraction of sp³-hybridized carbons (Fsp3) is 0.308. The van der Waals surface area contributed by atoms with Crippen molar-refractivity contribution in [3.8, 4) is 5.75 Å². The van der Waals surface area contributed by atoms with Gasteiger partial charge in [0, 0.05) is 12.8 Å². The Balaban J connectivity index is 2.04. The van der Waals surface area contributed by atoms with Gasteiger partial charge < -0.3 is 9.30 Å². The predicted octanol–water partition coefficient (Wildman–Crippen LogP) is 3.46. The molecule has 5 heteroatoms. The topological polar surface area (TPSA) is 27.1 Å². The quantitative estimate of drug-likeness (QED) is 0.621. The summed E-state index contributed by atoms with van der Waals surface area (Å²) in [4.78, 5) is 4.35. The SMILES string of the molecule is COc1cccc(CSc2ncc(CCl)n2C)c1. The molecule has 0 unspecified atom stereocenters. The first kappa shape index (κ1) is 13.3. The lowest BCUT2D eigenvalue weighted by atomic mass is 10.2. The van der Waals surface area contributed by atoms with Crippen molar-refractivity contribution in [3.05, 3.63) is 41.7 Å². The molecule has 18 heavy (non-hydrogen) atoms. The zero-order chi connectivity index (χ0) is 13.0. The zero-order valence-corrected chi connectivity index (χ0v) is 12.0. The molecule has 0 radical (unpaired) electrons. The van der Waals surface area contributed by atoms with Gasteiger partial charge in [-0.1, -0.05) is 23.9 Å². The number of benzene rings is 1. The monoisotopic (exact) mass is 282 g/mol. The van der Waals surface area contributed by atoms with Gasteiger partial charge >= 0.3 is 0 Å². The summed E-state index contributed by atoms with van der Waals surface area (Å²) < 4.78 is 7.23. The van der Waals surface area contributed by atoms with Crippen LogP contribution in [0.5, 0.6) is 5.75 Å². The first-order valence-corrected chi connectivity index (χ1v) is 7.09.